The molecule has 26 heavy (non-hydrogen) atoms. The maximum Gasteiger partial charge on any atom is 0.256 e. The second kappa shape index (κ2) is 7.40. The molecule has 2 aliphatic rings. The molecular weight excluding hydrogens is 333 g/mol. The molecule has 136 valence electrons. The highest BCUT2D eigenvalue weighted by atomic mass is 19.1. The topological polar surface area (TPSA) is 55.3 Å². The zero-order valence-corrected chi connectivity index (χ0v) is 14.6. The lowest BCUT2D eigenvalue weighted by atomic mass is 9.97. The molecule has 1 amide bonds. The summed E-state index contributed by atoms with van der Waals surface area (Å²) in [4.78, 5) is 14.2. The van der Waals surface area contributed by atoms with Crippen LogP contribution < -0.4 is 4.74 Å². The first kappa shape index (κ1) is 16.9. The fourth-order valence-corrected chi connectivity index (χ4v) is 3.32. The van der Waals surface area contributed by atoms with Crippen LogP contribution in [0.3, 0.4) is 0 Å². The van der Waals surface area contributed by atoms with Crippen LogP contribution in [0.2, 0.25) is 0 Å². The molecule has 2 aromatic rings. The van der Waals surface area contributed by atoms with Gasteiger partial charge in [-0.1, -0.05) is 12.1 Å². The van der Waals surface area contributed by atoms with E-state index in [-0.39, 0.29) is 11.5 Å². The zero-order chi connectivity index (χ0) is 17.9. The minimum Gasteiger partial charge on any atom is -0.476 e. The third kappa shape index (κ3) is 3.84. The summed E-state index contributed by atoms with van der Waals surface area (Å²) in [5.74, 6) is 0.817. The molecule has 1 aliphatic heterocycles. The second-order valence-corrected chi connectivity index (χ2v) is 7.10. The number of hydrogen-bond donors (Lipinski definition) is 0. The first-order chi connectivity index (χ1) is 12.7. The maximum atomic E-state index is 13.8. The first-order valence-electron chi connectivity index (χ1n) is 9.21. The van der Waals surface area contributed by atoms with Gasteiger partial charge in [0.1, 0.15) is 5.82 Å². The van der Waals surface area contributed by atoms with Crippen molar-refractivity contribution in [3.8, 4) is 5.88 Å². The van der Waals surface area contributed by atoms with Crippen LogP contribution in [0.4, 0.5) is 4.39 Å². The van der Waals surface area contributed by atoms with Crippen LogP contribution in [0, 0.1) is 11.7 Å². The Kier molecular flexibility index (Phi) is 4.82. The van der Waals surface area contributed by atoms with Crippen molar-refractivity contribution in [3.63, 3.8) is 0 Å². The number of nitrogens with zero attached hydrogens (tertiary/aromatic N) is 3. The Bertz CT molecular complexity index is 769. The standard InChI is InChI=1S/C20H22FN3O2/c21-17-4-2-1-3-16(17)20(25)24-11-9-14(10-12-24)13-26-19-8-7-18(22-23-19)15-5-6-15/h1-4,7-8,14-15H,5-6,9-13H2. The molecule has 1 aliphatic carbocycles. The number of amides is 1. The summed E-state index contributed by atoms with van der Waals surface area (Å²) in [5, 5.41) is 8.36. The number of piperidine rings is 1. The Labute approximate surface area is 152 Å². The predicted molar refractivity (Wildman–Crippen MR) is 94.5 cm³/mol. The quantitative estimate of drug-likeness (QED) is 0.825. The average molecular weight is 355 g/mol. The third-order valence-corrected chi connectivity index (χ3v) is 5.13. The predicted octanol–water partition coefficient (Wildman–Crippen LogP) is 3.42. The van der Waals surface area contributed by atoms with E-state index in [0.29, 0.717) is 37.4 Å². The lowest BCUT2D eigenvalue weighted by Crippen LogP contribution is -2.40. The summed E-state index contributed by atoms with van der Waals surface area (Å²) < 4.78 is 19.5. The zero-order valence-electron chi connectivity index (χ0n) is 14.6. The SMILES string of the molecule is O=C(c1ccccc1F)N1CCC(COc2ccc(C3CC3)nn2)CC1. The van der Waals surface area contributed by atoms with Gasteiger partial charge in [-0.25, -0.2) is 4.39 Å². The van der Waals surface area contributed by atoms with Crippen molar-refractivity contribution in [2.24, 2.45) is 5.92 Å². The van der Waals surface area contributed by atoms with Crippen LogP contribution in [0.1, 0.15) is 47.7 Å². The van der Waals surface area contributed by atoms with Gasteiger partial charge in [-0.15, -0.1) is 5.10 Å². The van der Waals surface area contributed by atoms with Crippen LogP contribution >= 0.6 is 0 Å². The van der Waals surface area contributed by atoms with Gasteiger partial charge in [-0.2, -0.15) is 5.10 Å². The Balaban J connectivity index is 1.25. The van der Waals surface area contributed by atoms with Gasteiger partial charge in [0.15, 0.2) is 0 Å². The van der Waals surface area contributed by atoms with Crippen LogP contribution in [-0.4, -0.2) is 40.7 Å². The molecule has 1 saturated carbocycles. The minimum absolute atomic E-state index is 0.147. The van der Waals surface area contributed by atoms with Crippen molar-refractivity contribution in [2.45, 2.75) is 31.6 Å². The molecule has 0 spiro atoms. The summed E-state index contributed by atoms with van der Waals surface area (Å²) in [6.07, 6.45) is 4.10. The first-order valence-corrected chi connectivity index (χ1v) is 9.21. The lowest BCUT2D eigenvalue weighted by Gasteiger charge is -2.31. The van der Waals surface area contributed by atoms with Crippen molar-refractivity contribution in [1.29, 1.82) is 0 Å². The summed E-state index contributed by atoms with van der Waals surface area (Å²) in [6.45, 7) is 1.81. The normalized spacial score (nSPS) is 18.0. The van der Waals surface area contributed by atoms with Gasteiger partial charge in [-0.05, 0) is 49.8 Å². The second-order valence-electron chi connectivity index (χ2n) is 7.10. The van der Waals surface area contributed by atoms with Gasteiger partial charge < -0.3 is 9.64 Å². The van der Waals surface area contributed by atoms with Crippen LogP contribution in [0.5, 0.6) is 5.88 Å². The maximum absolute atomic E-state index is 13.8. The van der Waals surface area contributed by atoms with Gasteiger partial charge in [-0.3, -0.25) is 4.79 Å². The van der Waals surface area contributed by atoms with Crippen LogP contribution in [0.15, 0.2) is 36.4 Å². The molecule has 0 unspecified atom stereocenters. The minimum atomic E-state index is -0.462. The molecule has 2 heterocycles. The molecule has 5 nitrogen and oxygen atoms in total. The number of benzene rings is 1. The van der Waals surface area contributed by atoms with E-state index in [4.69, 9.17) is 4.74 Å². The molecule has 2 fully saturated rings. The highest BCUT2D eigenvalue weighted by Crippen LogP contribution is 2.38. The van der Waals surface area contributed by atoms with E-state index in [1.807, 2.05) is 12.1 Å². The molecule has 1 aromatic carbocycles. The van der Waals surface area contributed by atoms with Crippen molar-refractivity contribution >= 4 is 5.91 Å². The number of aromatic nitrogens is 2. The van der Waals surface area contributed by atoms with Gasteiger partial charge in [0.2, 0.25) is 5.88 Å². The number of likely N-dealkylation sites (tertiary alicyclic amines) is 1. The van der Waals surface area contributed by atoms with E-state index in [1.165, 1.54) is 25.0 Å². The number of rotatable bonds is 5. The highest BCUT2D eigenvalue weighted by Gasteiger charge is 2.26. The van der Waals surface area contributed by atoms with Gasteiger partial charge in [0, 0.05) is 25.1 Å². The Morgan fingerprint density at radius 2 is 1.85 bits per heavy atom. The van der Waals surface area contributed by atoms with E-state index in [2.05, 4.69) is 10.2 Å². The number of carbonyl (C=O) groups excluding carboxylic acids is 1. The summed E-state index contributed by atoms with van der Waals surface area (Å²) in [5.41, 5.74) is 1.20. The van der Waals surface area contributed by atoms with Gasteiger partial charge in [0.05, 0.1) is 17.9 Å². The molecule has 0 N–H and O–H groups in total. The third-order valence-electron chi connectivity index (χ3n) is 5.13. The van der Waals surface area contributed by atoms with Crippen molar-refractivity contribution in [2.75, 3.05) is 19.7 Å². The van der Waals surface area contributed by atoms with Crippen LogP contribution in [0.25, 0.3) is 0 Å². The van der Waals surface area contributed by atoms with Crippen molar-refractivity contribution < 1.29 is 13.9 Å². The van der Waals surface area contributed by atoms with E-state index >= 15 is 0 Å². The summed E-state index contributed by atoms with van der Waals surface area (Å²) in [7, 11) is 0. The Morgan fingerprint density at radius 3 is 2.50 bits per heavy atom. The summed E-state index contributed by atoms with van der Waals surface area (Å²) in [6, 6.07) is 10.0. The van der Waals surface area contributed by atoms with Gasteiger partial charge >= 0.3 is 0 Å². The average Bonchev–Trinajstić information content (AvgIpc) is 3.52. The molecule has 1 saturated heterocycles. The fourth-order valence-electron chi connectivity index (χ4n) is 3.32. The van der Waals surface area contributed by atoms with E-state index in [9.17, 15) is 9.18 Å². The van der Waals surface area contributed by atoms with E-state index in [0.717, 1.165) is 18.5 Å². The number of carbonyl (C=O) groups is 1. The number of halogens is 1. The van der Waals surface area contributed by atoms with Gasteiger partial charge in [0.25, 0.3) is 5.91 Å². The lowest BCUT2D eigenvalue weighted by molar-refractivity contribution is 0.0654. The van der Waals surface area contributed by atoms with Crippen molar-refractivity contribution in [3.05, 3.63) is 53.5 Å². The monoisotopic (exact) mass is 355 g/mol. The summed E-state index contributed by atoms with van der Waals surface area (Å²) >= 11 is 0. The number of ether oxygens (including phenoxy) is 1. The molecule has 0 radical (unpaired) electrons. The molecule has 0 atom stereocenters. The molecule has 6 heteroatoms. The van der Waals surface area contributed by atoms with Crippen LogP contribution in [-0.2, 0) is 0 Å². The number of hydrogen-bond acceptors (Lipinski definition) is 4. The van der Waals surface area contributed by atoms with E-state index in [1.54, 1.807) is 17.0 Å². The largest absolute Gasteiger partial charge is 0.476 e. The molecule has 0 bridgehead atoms. The van der Waals surface area contributed by atoms with E-state index < -0.39 is 5.82 Å². The molecule has 1 aromatic heterocycles. The van der Waals surface area contributed by atoms with Crippen molar-refractivity contribution in [1.82, 2.24) is 15.1 Å². The fraction of sp³-hybridized carbons (Fsp3) is 0.450. The molecule has 4 rings (SSSR count). The Morgan fingerprint density at radius 1 is 1.08 bits per heavy atom. The highest BCUT2D eigenvalue weighted by molar-refractivity contribution is 5.94. The molecular formula is C20H22FN3O2. The smallest absolute Gasteiger partial charge is 0.256 e. The Hall–Kier alpha value is -2.50.